The van der Waals surface area contributed by atoms with Gasteiger partial charge in [0.2, 0.25) is 16.0 Å². The highest BCUT2D eigenvalue weighted by Gasteiger charge is 2.26. The Morgan fingerprint density at radius 3 is 2.73 bits per heavy atom. The van der Waals surface area contributed by atoms with E-state index in [4.69, 9.17) is 5.73 Å². The van der Waals surface area contributed by atoms with Crippen molar-refractivity contribution in [1.29, 1.82) is 0 Å². The van der Waals surface area contributed by atoms with Crippen molar-refractivity contribution < 1.29 is 17.9 Å². The molecule has 0 aromatic carbocycles. The first-order valence-electron chi connectivity index (χ1n) is 8.61. The number of sulfonamides is 1. The fourth-order valence-corrected chi connectivity index (χ4v) is 3.93. The van der Waals surface area contributed by atoms with Crippen LogP contribution in [-0.4, -0.2) is 57.4 Å². The molecule has 1 aliphatic heterocycles. The summed E-state index contributed by atoms with van der Waals surface area (Å²) in [5, 5.41) is 13.2. The predicted octanol–water partition coefficient (Wildman–Crippen LogP) is 1.37. The fourth-order valence-electron chi connectivity index (χ4n) is 2.76. The van der Waals surface area contributed by atoms with Gasteiger partial charge >= 0.3 is 0 Å². The fraction of sp³-hybridized carbons (Fsp3) is 0.625. The Morgan fingerprint density at radius 2 is 2.15 bits per heavy atom. The van der Waals surface area contributed by atoms with E-state index in [0.717, 1.165) is 18.5 Å². The predicted molar refractivity (Wildman–Crippen MR) is 97.7 cm³/mol. The molecule has 1 unspecified atom stereocenters. The van der Waals surface area contributed by atoms with Gasteiger partial charge in [-0.2, -0.15) is 4.31 Å². The molecule has 0 aliphatic carbocycles. The van der Waals surface area contributed by atoms with Gasteiger partial charge in [-0.15, -0.1) is 5.10 Å². The van der Waals surface area contributed by atoms with Crippen molar-refractivity contribution in [3.05, 3.63) is 23.8 Å². The third-order valence-electron chi connectivity index (χ3n) is 4.22. The molecule has 1 atom stereocenters. The lowest BCUT2D eigenvalue weighted by molar-refractivity contribution is 0.108. The Hall–Kier alpha value is -1.78. The molecular formula is C16H26FN5O3S. The van der Waals surface area contributed by atoms with E-state index < -0.39 is 16.1 Å². The first-order chi connectivity index (χ1) is 12.2. The average molecular weight is 387 g/mol. The van der Waals surface area contributed by atoms with Crippen LogP contribution in [0.25, 0.3) is 5.52 Å². The lowest BCUT2D eigenvalue weighted by Gasteiger charge is -2.28. The Labute approximate surface area is 152 Å². The topological polar surface area (TPSA) is 114 Å². The van der Waals surface area contributed by atoms with Crippen molar-refractivity contribution in [2.24, 2.45) is 0 Å². The highest BCUT2D eigenvalue weighted by Crippen LogP contribution is 2.20. The number of aliphatic hydroxyl groups excluding tert-OH is 1. The number of nitrogens with zero attached hydrogens (tertiary/aromatic N) is 4. The van der Waals surface area contributed by atoms with Gasteiger partial charge in [-0.3, -0.25) is 0 Å². The monoisotopic (exact) mass is 387 g/mol. The molecule has 0 amide bonds. The minimum absolute atomic E-state index is 0.125. The van der Waals surface area contributed by atoms with E-state index in [9.17, 15) is 17.9 Å². The van der Waals surface area contributed by atoms with Gasteiger partial charge in [0.05, 0.1) is 18.1 Å². The standard InChI is InChI=1S/C9H11FN4.C7H15NO3S/c1-5(2)7-3-6(10)8-4-12-9(11)13-14(7)8;1-2-12(10,11)8-5-3-4-7(9)6-8/h3-5H,1-2H3,(H2,11,13);7,9H,2-6H2,1H3. The first-order valence-corrected chi connectivity index (χ1v) is 10.2. The summed E-state index contributed by atoms with van der Waals surface area (Å²) in [6, 6.07) is 1.47. The van der Waals surface area contributed by atoms with E-state index in [0.29, 0.717) is 12.1 Å². The molecule has 10 heteroatoms. The highest BCUT2D eigenvalue weighted by molar-refractivity contribution is 7.89. The van der Waals surface area contributed by atoms with E-state index in [1.807, 2.05) is 13.8 Å². The van der Waals surface area contributed by atoms with Crippen LogP contribution in [0.15, 0.2) is 12.3 Å². The second kappa shape index (κ2) is 8.28. The number of halogens is 1. The van der Waals surface area contributed by atoms with Gasteiger partial charge in [-0.25, -0.2) is 22.3 Å². The number of β-amino-alcohol motifs (C(OH)–C–C–N with tert-alkyl or cyclic N) is 1. The van der Waals surface area contributed by atoms with E-state index in [-0.39, 0.29) is 30.0 Å². The molecule has 3 heterocycles. The van der Waals surface area contributed by atoms with E-state index in [1.54, 1.807) is 6.92 Å². The number of aromatic nitrogens is 3. The Kier molecular flexibility index (Phi) is 6.53. The van der Waals surface area contributed by atoms with Gasteiger partial charge in [0.15, 0.2) is 5.82 Å². The molecule has 2 aromatic rings. The van der Waals surface area contributed by atoms with Gasteiger partial charge in [0.1, 0.15) is 5.52 Å². The van der Waals surface area contributed by atoms with Crippen LogP contribution in [0.1, 0.15) is 45.2 Å². The molecule has 1 fully saturated rings. The molecule has 146 valence electrons. The molecule has 3 rings (SSSR count). The van der Waals surface area contributed by atoms with Gasteiger partial charge < -0.3 is 10.8 Å². The zero-order chi connectivity index (χ0) is 19.5. The average Bonchev–Trinajstić information content (AvgIpc) is 2.92. The number of fused-ring (bicyclic) bond motifs is 1. The van der Waals surface area contributed by atoms with E-state index in [2.05, 4.69) is 10.1 Å². The Bertz CT molecular complexity index is 853. The molecule has 2 aromatic heterocycles. The molecule has 3 N–H and O–H groups in total. The van der Waals surface area contributed by atoms with Crippen molar-refractivity contribution in [1.82, 2.24) is 18.9 Å². The number of hydrogen-bond donors (Lipinski definition) is 2. The van der Waals surface area contributed by atoms with Crippen molar-refractivity contribution in [2.75, 3.05) is 24.6 Å². The zero-order valence-electron chi connectivity index (χ0n) is 15.3. The lowest BCUT2D eigenvalue weighted by Crippen LogP contribution is -2.42. The SMILES string of the molecule is CC(C)c1cc(F)c2cnc(N)nn12.CCS(=O)(=O)N1CCCC(O)C1. The number of nitrogens with two attached hydrogens (primary N) is 1. The highest BCUT2D eigenvalue weighted by atomic mass is 32.2. The van der Waals surface area contributed by atoms with Gasteiger partial charge in [0.25, 0.3) is 0 Å². The summed E-state index contributed by atoms with van der Waals surface area (Å²) < 4.78 is 38.9. The first kappa shape index (κ1) is 20.5. The molecule has 0 spiro atoms. The van der Waals surface area contributed by atoms with Crippen LogP contribution in [0.2, 0.25) is 0 Å². The number of nitrogen functional groups attached to an aromatic ring is 1. The van der Waals surface area contributed by atoms with Crippen molar-refractivity contribution in [2.45, 2.75) is 45.6 Å². The van der Waals surface area contributed by atoms with Crippen molar-refractivity contribution in [3.8, 4) is 0 Å². The van der Waals surface area contributed by atoms with Crippen LogP contribution in [-0.2, 0) is 10.0 Å². The molecule has 8 nitrogen and oxygen atoms in total. The van der Waals surface area contributed by atoms with Crippen LogP contribution in [0, 0.1) is 5.82 Å². The number of piperidine rings is 1. The second-order valence-electron chi connectivity index (χ2n) is 6.54. The Balaban J connectivity index is 0.000000190. The smallest absolute Gasteiger partial charge is 0.238 e. The summed E-state index contributed by atoms with van der Waals surface area (Å²) in [5.74, 6) is 0.157. The lowest BCUT2D eigenvalue weighted by atomic mass is 10.1. The van der Waals surface area contributed by atoms with E-state index in [1.165, 1.54) is 21.1 Å². The van der Waals surface area contributed by atoms with Gasteiger partial charge in [-0.1, -0.05) is 13.8 Å². The molecule has 0 bridgehead atoms. The van der Waals surface area contributed by atoms with Gasteiger partial charge in [0, 0.05) is 18.8 Å². The minimum Gasteiger partial charge on any atom is -0.392 e. The molecule has 0 saturated carbocycles. The maximum absolute atomic E-state index is 13.4. The van der Waals surface area contributed by atoms with Crippen LogP contribution < -0.4 is 5.73 Å². The van der Waals surface area contributed by atoms with E-state index >= 15 is 0 Å². The number of anilines is 1. The second-order valence-corrected chi connectivity index (χ2v) is 8.80. The number of rotatable bonds is 3. The summed E-state index contributed by atoms with van der Waals surface area (Å²) >= 11 is 0. The number of aliphatic hydroxyl groups is 1. The summed E-state index contributed by atoms with van der Waals surface area (Å²) in [7, 11) is -3.08. The molecule has 1 saturated heterocycles. The molecule has 1 aliphatic rings. The molecular weight excluding hydrogens is 361 g/mol. The van der Waals surface area contributed by atoms with Crippen LogP contribution in [0.4, 0.5) is 10.3 Å². The summed E-state index contributed by atoms with van der Waals surface area (Å²) in [6.45, 7) is 6.40. The summed E-state index contributed by atoms with van der Waals surface area (Å²) in [5.41, 5.74) is 6.60. The zero-order valence-corrected chi connectivity index (χ0v) is 16.1. The van der Waals surface area contributed by atoms with Gasteiger partial charge in [-0.05, 0) is 31.7 Å². The number of hydrogen-bond acceptors (Lipinski definition) is 6. The normalized spacial score (nSPS) is 18.8. The van der Waals surface area contributed by atoms with Crippen LogP contribution >= 0.6 is 0 Å². The largest absolute Gasteiger partial charge is 0.392 e. The minimum atomic E-state index is -3.08. The van der Waals surface area contributed by atoms with Crippen molar-refractivity contribution in [3.63, 3.8) is 0 Å². The maximum atomic E-state index is 13.4. The summed E-state index contributed by atoms with van der Waals surface area (Å²) in [4.78, 5) is 3.75. The Morgan fingerprint density at radius 1 is 1.46 bits per heavy atom. The quantitative estimate of drug-likeness (QED) is 0.822. The third-order valence-corrected chi connectivity index (χ3v) is 6.07. The summed E-state index contributed by atoms with van der Waals surface area (Å²) in [6.07, 6.45) is 2.40. The maximum Gasteiger partial charge on any atom is 0.238 e. The van der Waals surface area contributed by atoms with Crippen LogP contribution in [0.5, 0.6) is 0 Å². The molecule has 26 heavy (non-hydrogen) atoms. The van der Waals surface area contributed by atoms with Crippen LogP contribution in [0.3, 0.4) is 0 Å². The molecule has 0 radical (unpaired) electrons. The third kappa shape index (κ3) is 4.68. The van der Waals surface area contributed by atoms with Crippen molar-refractivity contribution >= 4 is 21.5 Å².